The van der Waals surface area contributed by atoms with Gasteiger partial charge in [0.2, 0.25) is 0 Å². The molecule has 0 aliphatic carbocycles. The molecule has 0 bridgehead atoms. The van der Waals surface area contributed by atoms with E-state index in [0.717, 1.165) is 12.8 Å². The van der Waals surface area contributed by atoms with E-state index in [0.29, 0.717) is 5.56 Å². The number of esters is 1. The Morgan fingerprint density at radius 3 is 2.47 bits per heavy atom. The van der Waals surface area contributed by atoms with E-state index in [9.17, 15) is 9.59 Å². The van der Waals surface area contributed by atoms with Crippen molar-refractivity contribution in [2.24, 2.45) is 0 Å². The van der Waals surface area contributed by atoms with Crippen LogP contribution in [0.15, 0.2) is 30.3 Å². The largest absolute Gasteiger partial charge is 0.462 e. The number of carbonyl (C=O) groups is 2. The van der Waals surface area contributed by atoms with Gasteiger partial charge >= 0.3 is 5.97 Å². The predicted molar refractivity (Wildman–Crippen MR) is 65.9 cm³/mol. The van der Waals surface area contributed by atoms with Crippen molar-refractivity contribution in [3.8, 4) is 0 Å². The van der Waals surface area contributed by atoms with Crippen molar-refractivity contribution in [1.29, 1.82) is 0 Å². The summed E-state index contributed by atoms with van der Waals surface area (Å²) < 4.78 is 5.12. The highest BCUT2D eigenvalue weighted by atomic mass is 16.5. The molecule has 17 heavy (non-hydrogen) atoms. The Labute approximate surface area is 102 Å². The number of carbonyl (C=O) groups excluding carboxylic acids is 2. The van der Waals surface area contributed by atoms with Crippen molar-refractivity contribution in [3.05, 3.63) is 35.9 Å². The molecule has 0 N–H and O–H groups in total. The van der Waals surface area contributed by atoms with Crippen LogP contribution in [0, 0.1) is 0 Å². The van der Waals surface area contributed by atoms with Crippen molar-refractivity contribution in [3.63, 3.8) is 0 Å². The highest BCUT2D eigenvalue weighted by molar-refractivity contribution is 6.05. The van der Waals surface area contributed by atoms with E-state index in [-0.39, 0.29) is 18.3 Å². The minimum absolute atomic E-state index is 0.115. The minimum atomic E-state index is -0.445. The molecule has 3 heteroatoms. The van der Waals surface area contributed by atoms with Crippen LogP contribution in [0.3, 0.4) is 0 Å². The number of hydrogen-bond acceptors (Lipinski definition) is 3. The molecule has 0 aliphatic rings. The summed E-state index contributed by atoms with van der Waals surface area (Å²) >= 11 is 0. The van der Waals surface area contributed by atoms with Gasteiger partial charge in [-0.2, -0.15) is 0 Å². The monoisotopic (exact) mass is 234 g/mol. The summed E-state index contributed by atoms with van der Waals surface area (Å²) in [5, 5.41) is 0. The van der Waals surface area contributed by atoms with Crippen LogP contribution in [-0.2, 0) is 9.53 Å². The molecule has 3 nitrogen and oxygen atoms in total. The third kappa shape index (κ3) is 4.81. The Morgan fingerprint density at radius 2 is 1.88 bits per heavy atom. The standard InChI is InChI=1S/C14H18O3/c1-3-7-11(2)17-14(16)10-13(15)12-8-5-4-6-9-12/h4-6,8-9,11H,3,7,10H2,1-2H3/t11-/m0/s1. The molecule has 0 saturated carbocycles. The highest BCUT2D eigenvalue weighted by Crippen LogP contribution is 2.07. The van der Waals surface area contributed by atoms with E-state index in [4.69, 9.17) is 4.74 Å². The van der Waals surface area contributed by atoms with Gasteiger partial charge in [0.15, 0.2) is 5.78 Å². The molecular formula is C14H18O3. The van der Waals surface area contributed by atoms with Gasteiger partial charge in [-0.1, -0.05) is 43.7 Å². The zero-order valence-electron chi connectivity index (χ0n) is 10.3. The second kappa shape index (κ2) is 6.84. The quantitative estimate of drug-likeness (QED) is 0.432. The summed E-state index contributed by atoms with van der Waals surface area (Å²) in [6.07, 6.45) is 1.49. The first kappa shape index (κ1) is 13.4. The smallest absolute Gasteiger partial charge is 0.313 e. The third-order valence-corrected chi connectivity index (χ3v) is 2.43. The highest BCUT2D eigenvalue weighted by Gasteiger charge is 2.14. The Balaban J connectivity index is 2.44. The molecule has 1 rings (SSSR count). The molecule has 0 radical (unpaired) electrons. The average molecular weight is 234 g/mol. The Hall–Kier alpha value is -1.64. The van der Waals surface area contributed by atoms with E-state index in [2.05, 4.69) is 0 Å². The van der Waals surface area contributed by atoms with Gasteiger partial charge in [-0.3, -0.25) is 9.59 Å². The van der Waals surface area contributed by atoms with Crippen LogP contribution in [0.5, 0.6) is 0 Å². The molecule has 0 saturated heterocycles. The van der Waals surface area contributed by atoms with Crippen molar-refractivity contribution in [2.45, 2.75) is 39.2 Å². The molecule has 0 heterocycles. The lowest BCUT2D eigenvalue weighted by Gasteiger charge is -2.11. The van der Waals surface area contributed by atoms with Crippen LogP contribution in [0.2, 0.25) is 0 Å². The molecular weight excluding hydrogens is 216 g/mol. The van der Waals surface area contributed by atoms with Gasteiger partial charge in [0, 0.05) is 5.56 Å². The molecule has 0 aromatic heterocycles. The number of benzene rings is 1. The van der Waals surface area contributed by atoms with Crippen molar-refractivity contribution >= 4 is 11.8 Å². The maximum Gasteiger partial charge on any atom is 0.313 e. The topological polar surface area (TPSA) is 43.4 Å². The van der Waals surface area contributed by atoms with Gasteiger partial charge in [0.05, 0.1) is 6.10 Å². The Morgan fingerprint density at radius 1 is 1.24 bits per heavy atom. The maximum atomic E-state index is 11.7. The molecule has 1 aromatic carbocycles. The van der Waals surface area contributed by atoms with Gasteiger partial charge in [-0.05, 0) is 13.3 Å². The predicted octanol–water partition coefficient (Wildman–Crippen LogP) is 2.99. The molecule has 0 fully saturated rings. The second-order valence-corrected chi connectivity index (χ2v) is 4.06. The van der Waals surface area contributed by atoms with Gasteiger partial charge < -0.3 is 4.74 Å². The molecule has 92 valence electrons. The van der Waals surface area contributed by atoms with Crippen molar-refractivity contribution < 1.29 is 14.3 Å². The SMILES string of the molecule is CCC[C@H](C)OC(=O)CC(=O)c1ccccc1. The zero-order valence-corrected chi connectivity index (χ0v) is 10.3. The van der Waals surface area contributed by atoms with E-state index in [1.165, 1.54) is 0 Å². The number of Topliss-reactive ketones (excluding diaryl/α,β-unsaturated/α-hetero) is 1. The van der Waals surface area contributed by atoms with Gasteiger partial charge in [0.1, 0.15) is 6.42 Å². The van der Waals surface area contributed by atoms with Gasteiger partial charge in [0.25, 0.3) is 0 Å². The summed E-state index contributed by atoms with van der Waals surface area (Å²) in [5.41, 5.74) is 0.549. The number of hydrogen-bond donors (Lipinski definition) is 0. The fraction of sp³-hybridized carbons (Fsp3) is 0.429. The third-order valence-electron chi connectivity index (χ3n) is 2.43. The summed E-state index contributed by atoms with van der Waals surface area (Å²) in [6.45, 7) is 3.87. The van der Waals surface area contributed by atoms with E-state index in [1.54, 1.807) is 24.3 Å². The van der Waals surface area contributed by atoms with Crippen LogP contribution in [0.1, 0.15) is 43.5 Å². The van der Waals surface area contributed by atoms with Gasteiger partial charge in [-0.25, -0.2) is 0 Å². The first-order chi connectivity index (χ1) is 8.13. The Kier molecular flexibility index (Phi) is 5.40. The number of ether oxygens (including phenoxy) is 1. The fourth-order valence-corrected chi connectivity index (χ4v) is 1.59. The maximum absolute atomic E-state index is 11.7. The minimum Gasteiger partial charge on any atom is -0.462 e. The molecule has 1 aromatic rings. The average Bonchev–Trinajstić information content (AvgIpc) is 2.30. The summed E-state index contributed by atoms with van der Waals surface area (Å²) in [7, 11) is 0. The molecule has 0 aliphatic heterocycles. The lowest BCUT2D eigenvalue weighted by atomic mass is 10.1. The lowest BCUT2D eigenvalue weighted by Crippen LogP contribution is -2.17. The normalized spacial score (nSPS) is 11.9. The summed E-state index contributed by atoms with van der Waals surface area (Å²) in [5.74, 6) is -0.640. The second-order valence-electron chi connectivity index (χ2n) is 4.06. The Bertz CT molecular complexity index is 370. The first-order valence-corrected chi connectivity index (χ1v) is 5.91. The fourth-order valence-electron chi connectivity index (χ4n) is 1.59. The van der Waals surface area contributed by atoms with E-state index >= 15 is 0 Å². The van der Waals surface area contributed by atoms with Crippen molar-refractivity contribution in [1.82, 2.24) is 0 Å². The van der Waals surface area contributed by atoms with Crippen LogP contribution < -0.4 is 0 Å². The van der Waals surface area contributed by atoms with Crippen LogP contribution >= 0.6 is 0 Å². The van der Waals surface area contributed by atoms with E-state index < -0.39 is 5.97 Å². The molecule has 1 atom stereocenters. The number of rotatable bonds is 6. The lowest BCUT2D eigenvalue weighted by molar-refractivity contribution is -0.147. The summed E-state index contributed by atoms with van der Waals surface area (Å²) in [4.78, 5) is 23.2. The van der Waals surface area contributed by atoms with Crippen LogP contribution in [-0.4, -0.2) is 17.9 Å². The van der Waals surface area contributed by atoms with Crippen LogP contribution in [0.25, 0.3) is 0 Å². The van der Waals surface area contributed by atoms with E-state index in [1.807, 2.05) is 19.9 Å². The summed E-state index contributed by atoms with van der Waals surface area (Å²) in [6, 6.07) is 8.78. The van der Waals surface area contributed by atoms with Crippen LogP contribution in [0.4, 0.5) is 0 Å². The molecule has 0 spiro atoms. The molecule has 0 unspecified atom stereocenters. The van der Waals surface area contributed by atoms with Gasteiger partial charge in [-0.15, -0.1) is 0 Å². The number of ketones is 1. The molecule has 0 amide bonds. The zero-order chi connectivity index (χ0) is 12.7. The first-order valence-electron chi connectivity index (χ1n) is 5.91. The van der Waals surface area contributed by atoms with Crippen molar-refractivity contribution in [2.75, 3.05) is 0 Å².